The lowest BCUT2D eigenvalue weighted by molar-refractivity contribution is -0.135. The normalized spacial score (nSPS) is 23.2. The minimum absolute atomic E-state index is 0.0345. The number of benzene rings is 1. The van der Waals surface area contributed by atoms with Crippen molar-refractivity contribution in [3.8, 4) is 0 Å². The summed E-state index contributed by atoms with van der Waals surface area (Å²) in [6.45, 7) is 1.87. The van der Waals surface area contributed by atoms with Gasteiger partial charge in [0.1, 0.15) is 6.04 Å². The predicted molar refractivity (Wildman–Crippen MR) is 59.7 cm³/mol. The van der Waals surface area contributed by atoms with E-state index in [-0.39, 0.29) is 23.9 Å². The Kier molecular flexibility index (Phi) is 2.90. The average molecular weight is 218 g/mol. The number of amides is 2. The Balaban J connectivity index is 1.87. The molecule has 2 amide bonds. The maximum absolute atomic E-state index is 11.6. The van der Waals surface area contributed by atoms with Crippen LogP contribution in [0.1, 0.15) is 12.5 Å². The molecule has 84 valence electrons. The molecule has 1 saturated heterocycles. The minimum atomic E-state index is -0.365. The summed E-state index contributed by atoms with van der Waals surface area (Å²) < 4.78 is 0. The van der Waals surface area contributed by atoms with Crippen LogP contribution in [0.2, 0.25) is 0 Å². The summed E-state index contributed by atoms with van der Waals surface area (Å²) in [5.74, 6) is -0.216. The predicted octanol–water partition coefficient (Wildman–Crippen LogP) is 0.232. The van der Waals surface area contributed by atoms with Crippen molar-refractivity contribution in [2.45, 2.75) is 25.4 Å². The maximum atomic E-state index is 11.6. The van der Waals surface area contributed by atoms with Crippen molar-refractivity contribution in [1.82, 2.24) is 10.6 Å². The standard InChI is InChI=1S/C12H14N2O2/c1-8-11(12(16)13-8)14-10(15)7-9-5-3-2-4-6-9/h2-6,8,11H,7H2,1H3,(H,13,16)(H,14,15)/t8-,11+/m0/s1. The Morgan fingerprint density at radius 2 is 2.06 bits per heavy atom. The number of hydrogen-bond donors (Lipinski definition) is 2. The van der Waals surface area contributed by atoms with Crippen LogP contribution in [0.15, 0.2) is 30.3 Å². The zero-order valence-corrected chi connectivity index (χ0v) is 9.07. The van der Waals surface area contributed by atoms with E-state index in [4.69, 9.17) is 0 Å². The minimum Gasteiger partial charge on any atom is -0.349 e. The molecule has 1 fully saturated rings. The van der Waals surface area contributed by atoms with Crippen molar-refractivity contribution < 1.29 is 9.59 Å². The molecule has 1 aromatic rings. The molecule has 1 aliphatic heterocycles. The quantitative estimate of drug-likeness (QED) is 0.714. The highest BCUT2D eigenvalue weighted by atomic mass is 16.2. The van der Waals surface area contributed by atoms with Crippen molar-refractivity contribution in [1.29, 1.82) is 0 Å². The van der Waals surface area contributed by atoms with E-state index in [1.807, 2.05) is 37.3 Å². The molecule has 1 aromatic carbocycles. The van der Waals surface area contributed by atoms with Gasteiger partial charge < -0.3 is 10.6 Å². The molecule has 0 aromatic heterocycles. The Morgan fingerprint density at radius 3 is 2.62 bits per heavy atom. The summed E-state index contributed by atoms with van der Waals surface area (Å²) in [6.07, 6.45) is 0.317. The highest BCUT2D eigenvalue weighted by molar-refractivity contribution is 5.93. The summed E-state index contributed by atoms with van der Waals surface area (Å²) >= 11 is 0. The molecule has 0 unspecified atom stereocenters. The first-order chi connectivity index (χ1) is 7.66. The zero-order chi connectivity index (χ0) is 11.5. The SMILES string of the molecule is C[C@@H]1NC(=O)[C@@H]1NC(=O)Cc1ccccc1. The summed E-state index contributed by atoms with van der Waals surface area (Å²) in [7, 11) is 0. The van der Waals surface area contributed by atoms with Crippen LogP contribution < -0.4 is 10.6 Å². The van der Waals surface area contributed by atoms with Crippen LogP contribution in [0, 0.1) is 0 Å². The van der Waals surface area contributed by atoms with Gasteiger partial charge in [-0.05, 0) is 12.5 Å². The van der Waals surface area contributed by atoms with E-state index in [9.17, 15) is 9.59 Å². The summed E-state index contributed by atoms with van der Waals surface area (Å²) in [5, 5.41) is 5.38. The lowest BCUT2D eigenvalue weighted by atomic mass is 10.0. The molecule has 1 aliphatic rings. The molecule has 2 rings (SSSR count). The first-order valence-electron chi connectivity index (χ1n) is 5.30. The van der Waals surface area contributed by atoms with Crippen LogP contribution in [-0.2, 0) is 16.0 Å². The highest BCUT2D eigenvalue weighted by Gasteiger charge is 2.36. The van der Waals surface area contributed by atoms with E-state index in [1.165, 1.54) is 0 Å². The van der Waals surface area contributed by atoms with Crippen molar-refractivity contribution >= 4 is 11.8 Å². The number of β-lactam (4-membered cyclic amide) rings is 1. The topological polar surface area (TPSA) is 58.2 Å². The van der Waals surface area contributed by atoms with Gasteiger partial charge in [-0.25, -0.2) is 0 Å². The molecule has 0 aliphatic carbocycles. The van der Waals surface area contributed by atoms with Gasteiger partial charge in [0.15, 0.2) is 0 Å². The number of hydrogen-bond acceptors (Lipinski definition) is 2. The lowest BCUT2D eigenvalue weighted by Crippen LogP contribution is -2.68. The molecule has 2 atom stereocenters. The van der Waals surface area contributed by atoms with Crippen molar-refractivity contribution in [3.63, 3.8) is 0 Å². The number of carbonyl (C=O) groups is 2. The first kappa shape index (κ1) is 10.7. The van der Waals surface area contributed by atoms with Crippen LogP contribution in [0.5, 0.6) is 0 Å². The van der Waals surface area contributed by atoms with Crippen molar-refractivity contribution in [2.75, 3.05) is 0 Å². The summed E-state index contributed by atoms with van der Waals surface area (Å²) in [6, 6.07) is 9.14. The average Bonchev–Trinajstić information content (AvgIpc) is 2.28. The Morgan fingerprint density at radius 1 is 1.38 bits per heavy atom. The van der Waals surface area contributed by atoms with Gasteiger partial charge in [-0.3, -0.25) is 9.59 Å². The second-order valence-electron chi connectivity index (χ2n) is 4.00. The van der Waals surface area contributed by atoms with E-state index in [0.29, 0.717) is 6.42 Å². The number of nitrogens with one attached hydrogen (secondary N) is 2. The fourth-order valence-electron chi connectivity index (χ4n) is 1.72. The van der Waals surface area contributed by atoms with Crippen LogP contribution in [0.4, 0.5) is 0 Å². The molecule has 4 nitrogen and oxygen atoms in total. The molecular weight excluding hydrogens is 204 g/mol. The Hall–Kier alpha value is -1.84. The molecular formula is C12H14N2O2. The van der Waals surface area contributed by atoms with Gasteiger partial charge in [0.2, 0.25) is 11.8 Å². The second-order valence-corrected chi connectivity index (χ2v) is 4.00. The molecule has 4 heteroatoms. The number of carbonyl (C=O) groups excluding carboxylic acids is 2. The van der Waals surface area contributed by atoms with Gasteiger partial charge in [0.25, 0.3) is 0 Å². The van der Waals surface area contributed by atoms with Crippen LogP contribution in [0.25, 0.3) is 0 Å². The second kappa shape index (κ2) is 4.35. The third-order valence-electron chi connectivity index (χ3n) is 2.68. The van der Waals surface area contributed by atoms with E-state index in [1.54, 1.807) is 0 Å². The molecule has 0 bridgehead atoms. The molecule has 0 saturated carbocycles. The Labute approximate surface area is 94.0 Å². The molecule has 1 heterocycles. The number of rotatable bonds is 3. The maximum Gasteiger partial charge on any atom is 0.245 e. The van der Waals surface area contributed by atoms with E-state index >= 15 is 0 Å². The third kappa shape index (κ3) is 2.21. The van der Waals surface area contributed by atoms with Gasteiger partial charge in [0.05, 0.1) is 12.5 Å². The van der Waals surface area contributed by atoms with Crippen LogP contribution in [-0.4, -0.2) is 23.9 Å². The zero-order valence-electron chi connectivity index (χ0n) is 9.07. The fourth-order valence-corrected chi connectivity index (χ4v) is 1.72. The van der Waals surface area contributed by atoms with Gasteiger partial charge in [0, 0.05) is 0 Å². The molecule has 2 N–H and O–H groups in total. The molecule has 16 heavy (non-hydrogen) atoms. The fraction of sp³-hybridized carbons (Fsp3) is 0.333. The lowest BCUT2D eigenvalue weighted by Gasteiger charge is -2.34. The van der Waals surface area contributed by atoms with E-state index in [0.717, 1.165) is 5.56 Å². The molecule has 0 spiro atoms. The largest absolute Gasteiger partial charge is 0.349 e. The van der Waals surface area contributed by atoms with Crippen molar-refractivity contribution in [2.24, 2.45) is 0 Å². The third-order valence-corrected chi connectivity index (χ3v) is 2.68. The van der Waals surface area contributed by atoms with Gasteiger partial charge >= 0.3 is 0 Å². The monoisotopic (exact) mass is 218 g/mol. The van der Waals surface area contributed by atoms with Crippen LogP contribution >= 0.6 is 0 Å². The van der Waals surface area contributed by atoms with Gasteiger partial charge in [-0.1, -0.05) is 30.3 Å². The van der Waals surface area contributed by atoms with Gasteiger partial charge in [-0.15, -0.1) is 0 Å². The first-order valence-corrected chi connectivity index (χ1v) is 5.30. The Bertz CT molecular complexity index is 403. The smallest absolute Gasteiger partial charge is 0.245 e. The van der Waals surface area contributed by atoms with E-state index in [2.05, 4.69) is 10.6 Å². The highest BCUT2D eigenvalue weighted by Crippen LogP contribution is 2.06. The summed E-state index contributed by atoms with van der Waals surface area (Å²) in [4.78, 5) is 22.7. The van der Waals surface area contributed by atoms with E-state index < -0.39 is 0 Å². The molecule has 0 radical (unpaired) electrons. The van der Waals surface area contributed by atoms with Crippen molar-refractivity contribution in [3.05, 3.63) is 35.9 Å². The summed E-state index contributed by atoms with van der Waals surface area (Å²) in [5.41, 5.74) is 0.951. The van der Waals surface area contributed by atoms with Crippen LogP contribution in [0.3, 0.4) is 0 Å². The van der Waals surface area contributed by atoms with Gasteiger partial charge in [-0.2, -0.15) is 0 Å².